The molecular weight excluding hydrogens is 490 g/mol. The number of ether oxygens (including phenoxy) is 2. The topological polar surface area (TPSA) is 118 Å². The van der Waals surface area contributed by atoms with Crippen LogP contribution in [0.1, 0.15) is 53.4 Å². The summed E-state index contributed by atoms with van der Waals surface area (Å²) in [5.41, 5.74) is 2.06. The van der Waals surface area contributed by atoms with Crippen molar-refractivity contribution in [2.45, 2.75) is 50.5 Å². The van der Waals surface area contributed by atoms with Gasteiger partial charge in [-0.15, -0.1) is 11.3 Å². The number of anilines is 1. The molecule has 2 heterocycles. The first-order valence-corrected chi connectivity index (χ1v) is 13.3. The minimum atomic E-state index is -0.634. The number of nitrogens with one attached hydrogen (secondary N) is 1. The van der Waals surface area contributed by atoms with Gasteiger partial charge in [0, 0.05) is 17.0 Å². The molecular formula is C24H27N3O6S2. The molecule has 0 radical (unpaired) electrons. The number of hydrogen-bond acceptors (Lipinski definition) is 9. The molecule has 1 N–H and O–H groups in total. The first-order chi connectivity index (χ1) is 17.0. The van der Waals surface area contributed by atoms with Gasteiger partial charge in [0.05, 0.1) is 30.3 Å². The summed E-state index contributed by atoms with van der Waals surface area (Å²) in [5, 5.41) is 19.6. The number of hydrogen-bond donors (Lipinski definition) is 1. The lowest BCUT2D eigenvalue weighted by Gasteiger charge is -2.11. The van der Waals surface area contributed by atoms with Crippen molar-refractivity contribution < 1.29 is 33.4 Å². The number of aromatic nitrogens is 2. The second-order valence-electron chi connectivity index (χ2n) is 7.95. The number of nitrogens with zero attached hydrogens (tertiary/aromatic N) is 2. The average Bonchev–Trinajstić information content (AvgIpc) is 3.37. The first kappa shape index (κ1) is 25.1. The molecule has 1 aromatic carbocycles. The van der Waals surface area contributed by atoms with Crippen molar-refractivity contribution in [2.24, 2.45) is 0 Å². The SMILES string of the molecule is CCOC(=O)c1c(NC(=O)CSc2c([O-])on[n+]2-c2ccc(OC)cc2)sc2c1CCCCCC2. The first-order valence-electron chi connectivity index (χ1n) is 11.5. The van der Waals surface area contributed by atoms with Gasteiger partial charge in [0.25, 0.3) is 5.03 Å². The molecule has 0 saturated carbocycles. The van der Waals surface area contributed by atoms with Gasteiger partial charge in [-0.25, -0.2) is 4.79 Å². The highest BCUT2D eigenvalue weighted by Gasteiger charge is 2.27. The summed E-state index contributed by atoms with van der Waals surface area (Å²) in [7, 11) is 1.56. The van der Waals surface area contributed by atoms with E-state index in [1.54, 1.807) is 38.3 Å². The summed E-state index contributed by atoms with van der Waals surface area (Å²) in [6.45, 7) is 2.03. The minimum Gasteiger partial charge on any atom is -0.538 e. The zero-order valence-electron chi connectivity index (χ0n) is 19.6. The molecule has 0 aliphatic heterocycles. The number of thiophene rings is 1. The van der Waals surface area contributed by atoms with Crippen LogP contribution in [0.2, 0.25) is 0 Å². The number of thioether (sulfide) groups is 1. The van der Waals surface area contributed by atoms with E-state index in [-0.39, 0.29) is 23.3 Å². The molecule has 3 aromatic rings. The van der Waals surface area contributed by atoms with Crippen LogP contribution < -0.4 is 19.8 Å². The van der Waals surface area contributed by atoms with Crippen molar-refractivity contribution >= 4 is 40.0 Å². The van der Waals surface area contributed by atoms with Gasteiger partial charge in [0.2, 0.25) is 11.6 Å². The second kappa shape index (κ2) is 11.6. The molecule has 0 fully saturated rings. The number of methoxy groups -OCH3 is 1. The quantitative estimate of drug-likeness (QED) is 0.273. The third-order valence-corrected chi connectivity index (χ3v) is 7.86. The lowest BCUT2D eigenvalue weighted by Crippen LogP contribution is -2.35. The van der Waals surface area contributed by atoms with Crippen molar-refractivity contribution in [3.63, 3.8) is 0 Å². The Morgan fingerprint density at radius 3 is 2.66 bits per heavy atom. The van der Waals surface area contributed by atoms with Crippen LogP contribution in [-0.4, -0.2) is 36.6 Å². The fraction of sp³-hybridized carbons (Fsp3) is 0.417. The monoisotopic (exact) mass is 517 g/mol. The standard InChI is InChI=1S/C24H27N3O6S2/c1-3-32-23(29)20-17-8-6-4-5-7-9-18(17)35-21(20)25-19(28)14-34-22-24(30)33-26-27(22)15-10-12-16(31-2)13-11-15/h10-13H,3-9,14H2,1-2H3,(H-,25,26,28,29,30). The van der Waals surface area contributed by atoms with Crippen molar-refractivity contribution in [3.8, 4) is 17.4 Å². The average molecular weight is 518 g/mol. The fourth-order valence-corrected chi connectivity index (χ4v) is 6.02. The molecule has 2 aromatic heterocycles. The van der Waals surface area contributed by atoms with E-state index in [1.807, 2.05) is 0 Å². The Bertz CT molecular complexity index is 1190. The molecule has 0 saturated heterocycles. The van der Waals surface area contributed by atoms with Gasteiger partial charge in [0.15, 0.2) is 5.95 Å². The highest BCUT2D eigenvalue weighted by molar-refractivity contribution is 7.99. The maximum Gasteiger partial charge on any atom is 0.341 e. The highest BCUT2D eigenvalue weighted by atomic mass is 32.2. The predicted molar refractivity (Wildman–Crippen MR) is 130 cm³/mol. The van der Waals surface area contributed by atoms with Gasteiger partial charge in [-0.1, -0.05) is 12.8 Å². The van der Waals surface area contributed by atoms with E-state index in [9.17, 15) is 14.7 Å². The van der Waals surface area contributed by atoms with Crippen LogP contribution in [0.4, 0.5) is 5.00 Å². The summed E-state index contributed by atoms with van der Waals surface area (Å²) in [6, 6.07) is 6.95. The van der Waals surface area contributed by atoms with E-state index in [2.05, 4.69) is 10.6 Å². The van der Waals surface area contributed by atoms with Gasteiger partial charge in [-0.05, 0) is 66.7 Å². The van der Waals surface area contributed by atoms with E-state index in [0.29, 0.717) is 22.0 Å². The van der Waals surface area contributed by atoms with Gasteiger partial charge < -0.3 is 24.4 Å². The largest absolute Gasteiger partial charge is 0.538 e. The lowest BCUT2D eigenvalue weighted by molar-refractivity contribution is -0.705. The van der Waals surface area contributed by atoms with E-state index in [1.165, 1.54) is 16.0 Å². The molecule has 186 valence electrons. The normalized spacial score (nSPS) is 13.4. The fourth-order valence-electron chi connectivity index (χ4n) is 3.97. The number of fused-ring (bicyclic) bond motifs is 1. The zero-order valence-corrected chi connectivity index (χ0v) is 21.3. The Labute approximate surface area is 211 Å². The smallest absolute Gasteiger partial charge is 0.341 e. The molecule has 0 atom stereocenters. The van der Waals surface area contributed by atoms with Crippen molar-refractivity contribution in [1.29, 1.82) is 0 Å². The summed E-state index contributed by atoms with van der Waals surface area (Å²) in [5.74, 6) is -0.776. The van der Waals surface area contributed by atoms with Crippen LogP contribution in [0.15, 0.2) is 33.8 Å². The number of carbonyl (C=O) groups excluding carboxylic acids is 2. The number of carbonyl (C=O) groups is 2. The molecule has 1 amide bonds. The van der Waals surface area contributed by atoms with E-state index in [4.69, 9.17) is 14.0 Å². The molecule has 9 nitrogen and oxygen atoms in total. The maximum absolute atomic E-state index is 12.9. The molecule has 1 aliphatic carbocycles. The van der Waals surface area contributed by atoms with Gasteiger partial charge in [-0.3, -0.25) is 4.79 Å². The van der Waals surface area contributed by atoms with Gasteiger partial charge >= 0.3 is 5.97 Å². The van der Waals surface area contributed by atoms with Crippen molar-refractivity contribution in [1.82, 2.24) is 5.27 Å². The third-order valence-electron chi connectivity index (χ3n) is 5.63. The highest BCUT2D eigenvalue weighted by Crippen LogP contribution is 2.38. The molecule has 0 bridgehead atoms. The molecule has 11 heteroatoms. The number of esters is 1. The van der Waals surface area contributed by atoms with Crippen LogP contribution in [0.25, 0.3) is 5.69 Å². The van der Waals surface area contributed by atoms with Gasteiger partial charge in [0.1, 0.15) is 10.8 Å². The summed E-state index contributed by atoms with van der Waals surface area (Å²) in [4.78, 5) is 26.8. The van der Waals surface area contributed by atoms with Gasteiger partial charge in [-0.2, -0.15) is 0 Å². The van der Waals surface area contributed by atoms with E-state index in [0.717, 1.165) is 60.7 Å². The molecule has 1 aliphatic rings. The molecule has 4 rings (SSSR count). The third kappa shape index (κ3) is 5.79. The second-order valence-corrected chi connectivity index (χ2v) is 10.0. The summed E-state index contributed by atoms with van der Waals surface area (Å²) < 4.78 is 16.6. The Kier molecular flexibility index (Phi) is 8.29. The van der Waals surface area contributed by atoms with E-state index >= 15 is 0 Å². The summed E-state index contributed by atoms with van der Waals surface area (Å²) in [6.07, 6.45) is 6.04. The van der Waals surface area contributed by atoms with Crippen LogP contribution in [0.5, 0.6) is 11.7 Å². The molecule has 35 heavy (non-hydrogen) atoms. The molecule has 0 unspecified atom stereocenters. The van der Waals surface area contributed by atoms with Crippen LogP contribution in [0, 0.1) is 0 Å². The molecule has 0 spiro atoms. The zero-order chi connectivity index (χ0) is 24.8. The Balaban J connectivity index is 1.51. The van der Waals surface area contributed by atoms with Crippen LogP contribution >= 0.6 is 23.1 Å². The number of amides is 1. The number of aryl methyl sites for hydroxylation is 1. The predicted octanol–water partition coefficient (Wildman–Crippen LogP) is 3.66. The maximum atomic E-state index is 12.9. The Morgan fingerprint density at radius 1 is 1.20 bits per heavy atom. The lowest BCUT2D eigenvalue weighted by atomic mass is 9.96. The van der Waals surface area contributed by atoms with Crippen LogP contribution in [-0.2, 0) is 22.4 Å². The van der Waals surface area contributed by atoms with Crippen LogP contribution in [0.3, 0.4) is 0 Å². The summed E-state index contributed by atoms with van der Waals surface area (Å²) >= 11 is 2.46. The Morgan fingerprint density at radius 2 is 1.94 bits per heavy atom. The van der Waals surface area contributed by atoms with Crippen molar-refractivity contribution in [2.75, 3.05) is 24.8 Å². The number of benzene rings is 1. The van der Waals surface area contributed by atoms with Crippen molar-refractivity contribution in [3.05, 3.63) is 40.3 Å². The van der Waals surface area contributed by atoms with E-state index < -0.39 is 11.9 Å². The minimum absolute atomic E-state index is 0.0581. The Hall–Kier alpha value is -3.05. The number of rotatable bonds is 8.